The number of nitrogens with one attached hydrogen (secondary N) is 2. The van der Waals surface area contributed by atoms with Gasteiger partial charge in [-0.05, 0) is 47.1 Å². The molecule has 0 aliphatic rings. The smallest absolute Gasteiger partial charge is 0.226 e. The van der Waals surface area contributed by atoms with E-state index in [2.05, 4.69) is 87.7 Å². The highest BCUT2D eigenvalue weighted by atomic mass is 16.1. The normalized spacial score (nSPS) is 11.0. The van der Waals surface area contributed by atoms with Gasteiger partial charge < -0.3 is 10.6 Å². The summed E-state index contributed by atoms with van der Waals surface area (Å²) < 4.78 is 0. The Labute approximate surface area is 158 Å². The van der Waals surface area contributed by atoms with Crippen LogP contribution in [0, 0.1) is 0 Å². The van der Waals surface area contributed by atoms with Crippen LogP contribution in [-0.4, -0.2) is 12.5 Å². The molecule has 0 bridgehead atoms. The van der Waals surface area contributed by atoms with Gasteiger partial charge in [-0.1, -0.05) is 65.0 Å². The van der Waals surface area contributed by atoms with Gasteiger partial charge in [0.1, 0.15) is 0 Å². The highest BCUT2D eigenvalue weighted by molar-refractivity contribution is 5.93. The van der Waals surface area contributed by atoms with Gasteiger partial charge in [0.15, 0.2) is 0 Å². The summed E-state index contributed by atoms with van der Waals surface area (Å²) >= 11 is 0. The molecule has 0 unspecified atom stereocenters. The molecule has 0 aromatic heterocycles. The molecule has 0 saturated carbocycles. The Kier molecular flexibility index (Phi) is 7.26. The van der Waals surface area contributed by atoms with Crippen LogP contribution < -0.4 is 10.6 Å². The molecule has 2 aromatic rings. The molecule has 3 nitrogen and oxygen atoms in total. The van der Waals surface area contributed by atoms with Crippen molar-refractivity contribution in [2.45, 2.75) is 59.3 Å². The fourth-order valence-corrected chi connectivity index (χ4v) is 3.08. The molecular formula is C23H32N2O. The van der Waals surface area contributed by atoms with Gasteiger partial charge in [0, 0.05) is 24.3 Å². The largest absolute Gasteiger partial charge is 0.385 e. The van der Waals surface area contributed by atoms with Crippen molar-refractivity contribution in [1.29, 1.82) is 0 Å². The molecule has 0 atom stereocenters. The summed E-state index contributed by atoms with van der Waals surface area (Å²) in [6.45, 7) is 11.4. The van der Waals surface area contributed by atoms with E-state index in [4.69, 9.17) is 0 Å². The first-order chi connectivity index (χ1) is 12.4. The zero-order valence-electron chi connectivity index (χ0n) is 16.7. The molecule has 2 aromatic carbocycles. The molecule has 0 fully saturated rings. The number of carbonyl (C=O) groups is 1. The third-order valence-corrected chi connectivity index (χ3v) is 4.68. The van der Waals surface area contributed by atoms with Crippen LogP contribution in [0.3, 0.4) is 0 Å². The van der Waals surface area contributed by atoms with Crippen LogP contribution in [0.15, 0.2) is 42.5 Å². The number of hydrogen-bond donors (Lipinski definition) is 2. The molecule has 0 radical (unpaired) electrons. The van der Waals surface area contributed by atoms with Gasteiger partial charge in [0.05, 0.1) is 0 Å². The minimum Gasteiger partial charge on any atom is -0.385 e. The van der Waals surface area contributed by atoms with Crippen LogP contribution in [0.5, 0.6) is 0 Å². The molecule has 1 amide bonds. The van der Waals surface area contributed by atoms with Gasteiger partial charge in [-0.25, -0.2) is 0 Å². The van der Waals surface area contributed by atoms with E-state index >= 15 is 0 Å². The van der Waals surface area contributed by atoms with Crippen LogP contribution in [0.1, 0.15) is 69.6 Å². The summed E-state index contributed by atoms with van der Waals surface area (Å²) in [7, 11) is 0. The minimum atomic E-state index is 0.0534. The summed E-state index contributed by atoms with van der Waals surface area (Å²) in [6, 6.07) is 14.7. The molecule has 26 heavy (non-hydrogen) atoms. The number of hydrogen-bond acceptors (Lipinski definition) is 2. The van der Waals surface area contributed by atoms with Crippen LogP contribution >= 0.6 is 0 Å². The number of anilines is 2. The molecule has 0 saturated heterocycles. The van der Waals surface area contributed by atoms with Crippen molar-refractivity contribution in [2.75, 3.05) is 17.2 Å². The second kappa shape index (κ2) is 9.42. The van der Waals surface area contributed by atoms with Crippen molar-refractivity contribution in [3.63, 3.8) is 0 Å². The van der Waals surface area contributed by atoms with Gasteiger partial charge in [0.25, 0.3) is 0 Å². The highest BCUT2D eigenvalue weighted by Crippen LogP contribution is 2.32. The Morgan fingerprint density at radius 1 is 0.923 bits per heavy atom. The van der Waals surface area contributed by atoms with Crippen molar-refractivity contribution in [3.8, 4) is 0 Å². The van der Waals surface area contributed by atoms with Gasteiger partial charge >= 0.3 is 0 Å². The zero-order valence-corrected chi connectivity index (χ0v) is 16.7. The average Bonchev–Trinajstić information content (AvgIpc) is 2.62. The van der Waals surface area contributed by atoms with E-state index in [1.807, 2.05) is 0 Å². The number of aryl methyl sites for hydroxylation is 1. The first-order valence-electron chi connectivity index (χ1n) is 9.67. The summed E-state index contributed by atoms with van der Waals surface area (Å²) in [5, 5.41) is 6.49. The number of carbonyl (C=O) groups excluding carboxylic acids is 1. The van der Waals surface area contributed by atoms with E-state index in [0.717, 1.165) is 17.8 Å². The Balaban J connectivity index is 1.98. The standard InChI is InChI=1S/C23H32N2O/c1-6-18-10-12-19(13-11-18)24-15-14-22(26)25-23-20(16(2)3)8-7-9-21(23)17(4)5/h7-13,16-17,24H,6,14-15H2,1-5H3,(H,25,26). The van der Waals surface area contributed by atoms with E-state index in [-0.39, 0.29) is 5.91 Å². The molecule has 0 heterocycles. The van der Waals surface area contributed by atoms with E-state index in [1.54, 1.807) is 0 Å². The van der Waals surface area contributed by atoms with E-state index in [0.29, 0.717) is 24.8 Å². The fraction of sp³-hybridized carbons (Fsp3) is 0.435. The molecule has 3 heteroatoms. The van der Waals surface area contributed by atoms with Gasteiger partial charge in [-0.2, -0.15) is 0 Å². The number of rotatable bonds is 8. The van der Waals surface area contributed by atoms with E-state index in [1.165, 1.54) is 16.7 Å². The monoisotopic (exact) mass is 352 g/mol. The molecule has 140 valence electrons. The maximum Gasteiger partial charge on any atom is 0.226 e. The zero-order chi connectivity index (χ0) is 19.1. The molecular weight excluding hydrogens is 320 g/mol. The number of amides is 1. The Hall–Kier alpha value is -2.29. The fourth-order valence-electron chi connectivity index (χ4n) is 3.08. The molecule has 0 aliphatic heterocycles. The quantitative estimate of drug-likeness (QED) is 0.617. The van der Waals surface area contributed by atoms with E-state index < -0.39 is 0 Å². The van der Waals surface area contributed by atoms with Crippen LogP contribution in [0.4, 0.5) is 11.4 Å². The van der Waals surface area contributed by atoms with Crippen molar-refractivity contribution in [2.24, 2.45) is 0 Å². The summed E-state index contributed by atoms with van der Waals surface area (Å²) in [4.78, 5) is 12.5. The number of benzene rings is 2. The number of para-hydroxylation sites is 1. The van der Waals surface area contributed by atoms with Crippen LogP contribution in [0.2, 0.25) is 0 Å². The van der Waals surface area contributed by atoms with Crippen LogP contribution in [-0.2, 0) is 11.2 Å². The summed E-state index contributed by atoms with van der Waals surface area (Å²) in [5.74, 6) is 0.802. The Morgan fingerprint density at radius 2 is 1.50 bits per heavy atom. The third-order valence-electron chi connectivity index (χ3n) is 4.68. The van der Waals surface area contributed by atoms with Gasteiger partial charge in [0.2, 0.25) is 5.91 Å². The van der Waals surface area contributed by atoms with Crippen molar-refractivity contribution in [3.05, 3.63) is 59.2 Å². The summed E-state index contributed by atoms with van der Waals surface area (Å²) in [5.41, 5.74) is 5.77. The lowest BCUT2D eigenvalue weighted by Gasteiger charge is -2.20. The van der Waals surface area contributed by atoms with Crippen molar-refractivity contribution < 1.29 is 4.79 Å². The molecule has 2 N–H and O–H groups in total. The predicted molar refractivity (Wildman–Crippen MR) is 112 cm³/mol. The predicted octanol–water partition coefficient (Wildman–Crippen LogP) is 5.94. The second-order valence-corrected chi connectivity index (χ2v) is 7.40. The lowest BCUT2D eigenvalue weighted by Crippen LogP contribution is -2.18. The first kappa shape index (κ1) is 20.0. The topological polar surface area (TPSA) is 41.1 Å². The molecule has 0 spiro atoms. The highest BCUT2D eigenvalue weighted by Gasteiger charge is 2.15. The van der Waals surface area contributed by atoms with Gasteiger partial charge in [-0.15, -0.1) is 0 Å². The lowest BCUT2D eigenvalue weighted by atomic mass is 9.92. The minimum absolute atomic E-state index is 0.0534. The lowest BCUT2D eigenvalue weighted by molar-refractivity contribution is -0.115. The maximum atomic E-state index is 12.5. The SMILES string of the molecule is CCc1ccc(NCCC(=O)Nc2c(C(C)C)cccc2C(C)C)cc1. The first-order valence-corrected chi connectivity index (χ1v) is 9.67. The Morgan fingerprint density at radius 3 is 2.00 bits per heavy atom. The third kappa shape index (κ3) is 5.35. The summed E-state index contributed by atoms with van der Waals surface area (Å²) in [6.07, 6.45) is 1.48. The van der Waals surface area contributed by atoms with Crippen molar-refractivity contribution >= 4 is 17.3 Å². The Bertz CT molecular complexity index is 691. The van der Waals surface area contributed by atoms with E-state index in [9.17, 15) is 4.79 Å². The average molecular weight is 353 g/mol. The molecule has 2 rings (SSSR count). The van der Waals surface area contributed by atoms with Crippen molar-refractivity contribution in [1.82, 2.24) is 0 Å². The molecule has 0 aliphatic carbocycles. The van der Waals surface area contributed by atoms with Gasteiger partial charge in [-0.3, -0.25) is 4.79 Å². The van der Waals surface area contributed by atoms with Crippen LogP contribution in [0.25, 0.3) is 0 Å². The second-order valence-electron chi connectivity index (χ2n) is 7.40. The maximum absolute atomic E-state index is 12.5.